The second kappa shape index (κ2) is 4.72. The Kier molecular flexibility index (Phi) is 3.29. The van der Waals surface area contributed by atoms with Crippen molar-refractivity contribution >= 4 is 5.97 Å². The first-order chi connectivity index (χ1) is 8.18. The SMILES string of the molecule is COC(=O)C(C)=CC1(c2ccccc2)COC1. The van der Waals surface area contributed by atoms with Crippen molar-refractivity contribution in [3.05, 3.63) is 47.5 Å². The number of carbonyl (C=O) groups excluding carboxylic acids is 1. The number of hydrogen-bond donors (Lipinski definition) is 0. The Morgan fingerprint density at radius 3 is 2.47 bits per heavy atom. The highest BCUT2D eigenvalue weighted by atomic mass is 16.5. The molecule has 17 heavy (non-hydrogen) atoms. The molecule has 1 aromatic carbocycles. The molecule has 0 radical (unpaired) electrons. The lowest BCUT2D eigenvalue weighted by Crippen LogP contribution is -2.45. The molecule has 3 heteroatoms. The molecule has 90 valence electrons. The molecule has 0 spiro atoms. The lowest BCUT2D eigenvalue weighted by Gasteiger charge is -2.40. The third kappa shape index (κ3) is 2.24. The molecule has 2 rings (SSSR count). The summed E-state index contributed by atoms with van der Waals surface area (Å²) in [5.41, 5.74) is 1.63. The third-order valence-corrected chi connectivity index (χ3v) is 3.07. The van der Waals surface area contributed by atoms with Gasteiger partial charge in [-0.3, -0.25) is 0 Å². The highest BCUT2D eigenvalue weighted by Gasteiger charge is 2.38. The molecule has 3 nitrogen and oxygen atoms in total. The number of benzene rings is 1. The summed E-state index contributed by atoms with van der Waals surface area (Å²) in [4.78, 5) is 11.4. The summed E-state index contributed by atoms with van der Waals surface area (Å²) in [6, 6.07) is 10.1. The maximum absolute atomic E-state index is 11.4. The van der Waals surface area contributed by atoms with Crippen LogP contribution in [-0.4, -0.2) is 26.3 Å². The Balaban J connectivity index is 2.30. The summed E-state index contributed by atoms with van der Waals surface area (Å²) < 4.78 is 10.0. The van der Waals surface area contributed by atoms with Gasteiger partial charge >= 0.3 is 5.97 Å². The quantitative estimate of drug-likeness (QED) is 0.591. The van der Waals surface area contributed by atoms with Crippen molar-refractivity contribution < 1.29 is 14.3 Å². The van der Waals surface area contributed by atoms with Crippen LogP contribution in [0, 0.1) is 0 Å². The molecule has 1 aliphatic heterocycles. The molecule has 0 N–H and O–H groups in total. The van der Waals surface area contributed by atoms with Crippen LogP contribution < -0.4 is 0 Å². The van der Waals surface area contributed by atoms with Crippen molar-refractivity contribution in [3.8, 4) is 0 Å². The molecule has 0 atom stereocenters. The first kappa shape index (κ1) is 11.9. The van der Waals surface area contributed by atoms with Crippen molar-refractivity contribution in [2.45, 2.75) is 12.3 Å². The lowest BCUT2D eigenvalue weighted by molar-refractivity contribution is -0.136. The predicted molar refractivity (Wildman–Crippen MR) is 64.7 cm³/mol. The number of carbonyl (C=O) groups is 1. The predicted octanol–water partition coefficient (Wildman–Crippen LogP) is 2.07. The van der Waals surface area contributed by atoms with E-state index in [9.17, 15) is 4.79 Å². The molecule has 1 heterocycles. The Morgan fingerprint density at radius 1 is 1.35 bits per heavy atom. The van der Waals surface area contributed by atoms with Gasteiger partial charge in [0, 0.05) is 5.57 Å². The molecule has 0 bridgehead atoms. The monoisotopic (exact) mass is 232 g/mol. The summed E-state index contributed by atoms with van der Waals surface area (Å²) in [5.74, 6) is -0.285. The second-order valence-corrected chi connectivity index (χ2v) is 4.33. The van der Waals surface area contributed by atoms with E-state index in [1.165, 1.54) is 12.7 Å². The summed E-state index contributed by atoms with van der Waals surface area (Å²) in [5, 5.41) is 0. The summed E-state index contributed by atoms with van der Waals surface area (Å²) in [6.45, 7) is 3.01. The first-order valence-electron chi connectivity index (χ1n) is 5.59. The molecule has 0 unspecified atom stereocenters. The van der Waals surface area contributed by atoms with Gasteiger partial charge in [0.25, 0.3) is 0 Å². The van der Waals surface area contributed by atoms with E-state index in [0.717, 1.165) is 0 Å². The molecular weight excluding hydrogens is 216 g/mol. The molecule has 0 aromatic heterocycles. The molecule has 1 saturated heterocycles. The summed E-state index contributed by atoms with van der Waals surface area (Å²) >= 11 is 0. The van der Waals surface area contributed by atoms with Gasteiger partial charge in [0.15, 0.2) is 0 Å². The zero-order chi connectivity index (χ0) is 12.3. The van der Waals surface area contributed by atoms with Crippen LogP contribution in [0.15, 0.2) is 42.0 Å². The van der Waals surface area contributed by atoms with Crippen LogP contribution in [-0.2, 0) is 19.7 Å². The molecule has 1 aromatic rings. The number of esters is 1. The van der Waals surface area contributed by atoms with Crippen LogP contribution in [0.2, 0.25) is 0 Å². The molecule has 1 fully saturated rings. The maximum atomic E-state index is 11.4. The van der Waals surface area contributed by atoms with Gasteiger partial charge < -0.3 is 9.47 Å². The normalized spacial score (nSPS) is 18.4. The van der Waals surface area contributed by atoms with Gasteiger partial charge in [0.1, 0.15) is 0 Å². The summed E-state index contributed by atoms with van der Waals surface area (Å²) in [7, 11) is 1.39. The highest BCUT2D eigenvalue weighted by Crippen LogP contribution is 2.34. The van der Waals surface area contributed by atoms with Crippen molar-refractivity contribution in [3.63, 3.8) is 0 Å². The van der Waals surface area contributed by atoms with Gasteiger partial charge in [0.2, 0.25) is 0 Å². The summed E-state index contributed by atoms with van der Waals surface area (Å²) in [6.07, 6.45) is 1.96. The van der Waals surface area contributed by atoms with Gasteiger partial charge in [-0.15, -0.1) is 0 Å². The lowest BCUT2D eigenvalue weighted by atomic mass is 9.77. The molecule has 0 aliphatic carbocycles. The largest absolute Gasteiger partial charge is 0.466 e. The minimum atomic E-state index is -0.285. The molecule has 0 amide bonds. The van der Waals surface area contributed by atoms with E-state index in [1.54, 1.807) is 6.92 Å². The van der Waals surface area contributed by atoms with E-state index in [4.69, 9.17) is 9.47 Å². The number of hydrogen-bond acceptors (Lipinski definition) is 3. The Morgan fingerprint density at radius 2 is 2.00 bits per heavy atom. The minimum absolute atomic E-state index is 0.167. The topological polar surface area (TPSA) is 35.5 Å². The third-order valence-electron chi connectivity index (χ3n) is 3.07. The van der Waals surface area contributed by atoms with E-state index in [2.05, 4.69) is 12.1 Å². The van der Waals surface area contributed by atoms with E-state index >= 15 is 0 Å². The van der Waals surface area contributed by atoms with Gasteiger partial charge in [-0.1, -0.05) is 36.4 Å². The van der Waals surface area contributed by atoms with E-state index in [1.807, 2.05) is 24.3 Å². The van der Waals surface area contributed by atoms with Crippen LogP contribution in [0.5, 0.6) is 0 Å². The van der Waals surface area contributed by atoms with Crippen LogP contribution in [0.25, 0.3) is 0 Å². The smallest absolute Gasteiger partial charge is 0.333 e. The van der Waals surface area contributed by atoms with Gasteiger partial charge in [-0.05, 0) is 12.5 Å². The van der Waals surface area contributed by atoms with Gasteiger partial charge in [-0.25, -0.2) is 4.79 Å². The van der Waals surface area contributed by atoms with Crippen LogP contribution in [0.3, 0.4) is 0 Å². The van der Waals surface area contributed by atoms with Crippen LogP contribution >= 0.6 is 0 Å². The minimum Gasteiger partial charge on any atom is -0.466 e. The highest BCUT2D eigenvalue weighted by molar-refractivity contribution is 5.88. The zero-order valence-electron chi connectivity index (χ0n) is 10.1. The number of ether oxygens (including phenoxy) is 2. The van der Waals surface area contributed by atoms with Crippen molar-refractivity contribution in [1.29, 1.82) is 0 Å². The van der Waals surface area contributed by atoms with Crippen molar-refractivity contribution in [2.75, 3.05) is 20.3 Å². The molecule has 0 saturated carbocycles. The second-order valence-electron chi connectivity index (χ2n) is 4.33. The van der Waals surface area contributed by atoms with E-state index in [-0.39, 0.29) is 11.4 Å². The Labute approximate surface area is 101 Å². The average molecular weight is 232 g/mol. The van der Waals surface area contributed by atoms with Crippen molar-refractivity contribution in [2.24, 2.45) is 0 Å². The standard InChI is InChI=1S/C14H16O3/c1-11(13(15)16-2)8-14(9-17-10-14)12-6-4-3-5-7-12/h3-8H,9-10H2,1-2H3. The van der Waals surface area contributed by atoms with E-state index < -0.39 is 0 Å². The molecule has 1 aliphatic rings. The fourth-order valence-corrected chi connectivity index (χ4v) is 2.06. The molecular formula is C14H16O3. The van der Waals surface area contributed by atoms with Crippen molar-refractivity contribution in [1.82, 2.24) is 0 Å². The first-order valence-corrected chi connectivity index (χ1v) is 5.59. The van der Waals surface area contributed by atoms with Gasteiger partial charge in [0.05, 0.1) is 25.7 Å². The van der Waals surface area contributed by atoms with Crippen LogP contribution in [0.4, 0.5) is 0 Å². The maximum Gasteiger partial charge on any atom is 0.333 e. The number of rotatable bonds is 3. The zero-order valence-corrected chi connectivity index (χ0v) is 10.1. The Hall–Kier alpha value is -1.61. The fraction of sp³-hybridized carbons (Fsp3) is 0.357. The fourth-order valence-electron chi connectivity index (χ4n) is 2.06. The van der Waals surface area contributed by atoms with Gasteiger partial charge in [-0.2, -0.15) is 0 Å². The Bertz CT molecular complexity index is 430. The number of methoxy groups -OCH3 is 1. The van der Waals surface area contributed by atoms with Crippen LogP contribution in [0.1, 0.15) is 12.5 Å². The van der Waals surface area contributed by atoms with E-state index in [0.29, 0.717) is 18.8 Å². The average Bonchev–Trinajstić information content (AvgIpc) is 2.33.